The number of nitrogens with zero attached hydrogens (tertiary/aromatic N) is 1. The van der Waals surface area contributed by atoms with Gasteiger partial charge >= 0.3 is 0 Å². The lowest BCUT2D eigenvalue weighted by molar-refractivity contribution is -0.510. The van der Waals surface area contributed by atoms with Crippen LogP contribution >= 0.6 is 0 Å². The molecular formula is C17H22N+. The SMILES string of the molecule is c1ccc2c(c1)CC1CCC(C2)C1=[N+]1CCCC1. The van der Waals surface area contributed by atoms with E-state index in [1.165, 1.54) is 51.6 Å². The van der Waals surface area contributed by atoms with E-state index in [0.29, 0.717) is 0 Å². The highest BCUT2D eigenvalue weighted by molar-refractivity contribution is 5.87. The second kappa shape index (κ2) is 4.22. The fourth-order valence-electron chi connectivity index (χ4n) is 4.42. The molecule has 0 spiro atoms. The van der Waals surface area contributed by atoms with E-state index in [4.69, 9.17) is 0 Å². The topological polar surface area (TPSA) is 3.01 Å². The van der Waals surface area contributed by atoms with Crippen molar-refractivity contribution in [3.05, 3.63) is 35.4 Å². The number of benzene rings is 1. The maximum atomic E-state index is 2.74. The van der Waals surface area contributed by atoms with Crippen LogP contribution in [0.5, 0.6) is 0 Å². The molecule has 1 saturated heterocycles. The van der Waals surface area contributed by atoms with Crippen LogP contribution in [-0.4, -0.2) is 23.4 Å². The zero-order valence-corrected chi connectivity index (χ0v) is 11.1. The first kappa shape index (κ1) is 10.8. The van der Waals surface area contributed by atoms with Gasteiger partial charge in [-0.15, -0.1) is 0 Å². The third-order valence-electron chi connectivity index (χ3n) is 5.22. The molecule has 0 amide bonds. The van der Waals surface area contributed by atoms with Crippen LogP contribution in [0.25, 0.3) is 0 Å². The van der Waals surface area contributed by atoms with Crippen molar-refractivity contribution in [2.24, 2.45) is 11.8 Å². The molecule has 1 saturated carbocycles. The molecule has 3 aliphatic rings. The summed E-state index contributed by atoms with van der Waals surface area (Å²) >= 11 is 0. The van der Waals surface area contributed by atoms with E-state index < -0.39 is 0 Å². The Morgan fingerprint density at radius 1 is 0.833 bits per heavy atom. The Kier molecular flexibility index (Phi) is 2.53. The van der Waals surface area contributed by atoms with Crippen LogP contribution in [0.15, 0.2) is 24.3 Å². The molecule has 18 heavy (non-hydrogen) atoms. The fraction of sp³-hybridized carbons (Fsp3) is 0.588. The second-order valence-electron chi connectivity index (χ2n) is 6.27. The minimum Gasteiger partial charge on any atom is -0.237 e. The van der Waals surface area contributed by atoms with Gasteiger partial charge in [0.2, 0.25) is 0 Å². The van der Waals surface area contributed by atoms with E-state index >= 15 is 0 Å². The van der Waals surface area contributed by atoms with Gasteiger partial charge in [0.1, 0.15) is 13.1 Å². The van der Waals surface area contributed by atoms with Crippen LogP contribution < -0.4 is 0 Å². The van der Waals surface area contributed by atoms with Crippen molar-refractivity contribution < 1.29 is 4.58 Å². The van der Waals surface area contributed by atoms with Gasteiger partial charge in [-0.05, 0) is 36.8 Å². The number of rotatable bonds is 0. The van der Waals surface area contributed by atoms with Crippen LogP contribution in [0.1, 0.15) is 36.8 Å². The van der Waals surface area contributed by atoms with Gasteiger partial charge in [0.25, 0.3) is 0 Å². The van der Waals surface area contributed by atoms with Crippen molar-refractivity contribution in [3.63, 3.8) is 0 Å². The highest BCUT2D eigenvalue weighted by atomic mass is 15.0. The Bertz CT molecular complexity index is 457. The summed E-state index contributed by atoms with van der Waals surface area (Å²) in [5, 5.41) is 0. The van der Waals surface area contributed by atoms with Crippen LogP contribution in [0.4, 0.5) is 0 Å². The Labute approximate surface area is 110 Å². The summed E-state index contributed by atoms with van der Waals surface area (Å²) in [5.74, 6) is 1.72. The lowest BCUT2D eigenvalue weighted by Crippen LogP contribution is -2.27. The van der Waals surface area contributed by atoms with Crippen molar-refractivity contribution in [2.45, 2.75) is 38.5 Å². The smallest absolute Gasteiger partial charge is 0.159 e. The molecule has 2 bridgehead atoms. The van der Waals surface area contributed by atoms with E-state index in [2.05, 4.69) is 28.8 Å². The third kappa shape index (κ3) is 1.64. The van der Waals surface area contributed by atoms with E-state index in [1.54, 1.807) is 11.1 Å². The zero-order valence-electron chi connectivity index (χ0n) is 11.1. The molecule has 1 aliphatic heterocycles. The Hall–Kier alpha value is -1.11. The standard InChI is InChI=1S/C17H22N/c1-2-6-14-12-16-8-7-15(11-13(14)5-1)17(16)18-9-3-4-10-18/h1-2,5-6,15-16H,3-4,7-12H2/q+1. The van der Waals surface area contributed by atoms with E-state index in [-0.39, 0.29) is 0 Å². The molecule has 1 nitrogen and oxygen atoms in total. The minimum absolute atomic E-state index is 0.858. The predicted octanol–water partition coefficient (Wildman–Crippen LogP) is 3.06. The molecule has 94 valence electrons. The quantitative estimate of drug-likeness (QED) is 0.613. The van der Waals surface area contributed by atoms with Gasteiger partial charge in [-0.1, -0.05) is 24.3 Å². The van der Waals surface area contributed by atoms with Crippen LogP contribution in [-0.2, 0) is 12.8 Å². The van der Waals surface area contributed by atoms with Crippen LogP contribution in [0, 0.1) is 11.8 Å². The van der Waals surface area contributed by atoms with Gasteiger partial charge in [-0.25, -0.2) is 4.58 Å². The molecular weight excluding hydrogens is 218 g/mol. The van der Waals surface area contributed by atoms with Gasteiger partial charge in [-0.2, -0.15) is 0 Å². The van der Waals surface area contributed by atoms with Gasteiger partial charge < -0.3 is 0 Å². The molecule has 1 aromatic carbocycles. The lowest BCUT2D eigenvalue weighted by atomic mass is 9.94. The summed E-state index contributed by atoms with van der Waals surface area (Å²) in [7, 11) is 0. The first-order valence-corrected chi connectivity index (χ1v) is 7.60. The summed E-state index contributed by atoms with van der Waals surface area (Å²) in [5.41, 5.74) is 5.09. The van der Waals surface area contributed by atoms with Crippen molar-refractivity contribution in [2.75, 3.05) is 13.1 Å². The second-order valence-corrected chi connectivity index (χ2v) is 6.27. The normalized spacial score (nSPS) is 30.4. The molecule has 2 unspecified atom stereocenters. The predicted molar refractivity (Wildman–Crippen MR) is 74.3 cm³/mol. The summed E-state index contributed by atoms with van der Waals surface area (Å²) in [6, 6.07) is 9.15. The number of fused-ring (bicyclic) bond motifs is 3. The molecule has 0 N–H and O–H groups in total. The van der Waals surface area contributed by atoms with Crippen molar-refractivity contribution in [3.8, 4) is 0 Å². The number of hydrogen-bond acceptors (Lipinski definition) is 0. The van der Waals surface area contributed by atoms with Crippen molar-refractivity contribution >= 4 is 5.71 Å². The Balaban J connectivity index is 1.77. The largest absolute Gasteiger partial charge is 0.237 e. The van der Waals surface area contributed by atoms with Gasteiger partial charge in [-0.3, -0.25) is 0 Å². The zero-order chi connectivity index (χ0) is 11.9. The maximum absolute atomic E-state index is 2.74. The lowest BCUT2D eigenvalue weighted by Gasteiger charge is -2.10. The first-order chi connectivity index (χ1) is 8.92. The highest BCUT2D eigenvalue weighted by Crippen LogP contribution is 2.38. The molecule has 0 radical (unpaired) electrons. The first-order valence-electron chi connectivity index (χ1n) is 7.60. The Morgan fingerprint density at radius 3 is 1.94 bits per heavy atom. The van der Waals surface area contributed by atoms with E-state index in [0.717, 1.165) is 11.8 Å². The molecule has 1 heteroatoms. The molecule has 2 atom stereocenters. The van der Waals surface area contributed by atoms with E-state index in [1.807, 2.05) is 5.71 Å². The van der Waals surface area contributed by atoms with Crippen molar-refractivity contribution in [1.82, 2.24) is 0 Å². The van der Waals surface area contributed by atoms with Gasteiger partial charge in [0.15, 0.2) is 5.71 Å². The summed E-state index contributed by atoms with van der Waals surface area (Å²) < 4.78 is 2.74. The summed E-state index contributed by atoms with van der Waals surface area (Å²) in [6.45, 7) is 2.66. The average Bonchev–Trinajstić information content (AvgIpc) is 2.96. The fourth-order valence-corrected chi connectivity index (χ4v) is 4.42. The minimum atomic E-state index is 0.858. The summed E-state index contributed by atoms with van der Waals surface area (Å²) in [6.07, 6.45) is 8.30. The van der Waals surface area contributed by atoms with E-state index in [9.17, 15) is 0 Å². The molecule has 0 aromatic heterocycles. The van der Waals surface area contributed by atoms with Gasteiger partial charge in [0.05, 0.1) is 0 Å². The Morgan fingerprint density at radius 2 is 1.39 bits per heavy atom. The highest BCUT2D eigenvalue weighted by Gasteiger charge is 2.42. The van der Waals surface area contributed by atoms with Crippen LogP contribution in [0.2, 0.25) is 0 Å². The molecule has 4 rings (SSSR count). The molecule has 2 fully saturated rings. The third-order valence-corrected chi connectivity index (χ3v) is 5.22. The summed E-state index contributed by atoms with van der Waals surface area (Å²) in [4.78, 5) is 0. The average molecular weight is 240 g/mol. The molecule has 1 heterocycles. The van der Waals surface area contributed by atoms with Crippen molar-refractivity contribution in [1.29, 1.82) is 0 Å². The monoisotopic (exact) mass is 240 g/mol. The molecule has 1 aromatic rings. The number of hydrogen-bond donors (Lipinski definition) is 0. The molecule has 2 aliphatic carbocycles. The van der Waals surface area contributed by atoms with Gasteiger partial charge in [0, 0.05) is 24.7 Å². The maximum Gasteiger partial charge on any atom is 0.159 e. The van der Waals surface area contributed by atoms with Crippen LogP contribution in [0.3, 0.4) is 0 Å².